The van der Waals surface area contributed by atoms with Gasteiger partial charge < -0.3 is 0 Å². The molecule has 0 aliphatic rings. The van der Waals surface area contributed by atoms with Crippen LogP contribution in [0, 0.1) is 115 Å². The first-order valence-corrected chi connectivity index (χ1v) is 31.8. The number of rotatable bonds is 8. The van der Waals surface area contributed by atoms with E-state index in [1.54, 1.807) is 6.07 Å². The molecular formula is C84H86N10+4. The molecule has 10 nitrogen and oxygen atoms in total. The molecular weight excluding hydrogens is 1150 g/mol. The van der Waals surface area contributed by atoms with Gasteiger partial charge in [-0.3, -0.25) is 19.9 Å². The number of aryl methyl sites for hydroxylation is 14. The Hall–Kier alpha value is -10.9. The zero-order valence-corrected chi connectivity index (χ0v) is 57.9. The van der Waals surface area contributed by atoms with Gasteiger partial charge in [-0.25, -0.2) is 4.85 Å². The number of nitrogens with zero attached hydrogens (tertiary/aromatic N) is 10. The summed E-state index contributed by atoms with van der Waals surface area (Å²) in [6.07, 6.45) is 7.78. The maximum Gasteiger partial charge on any atom is 0.231 e. The van der Waals surface area contributed by atoms with Gasteiger partial charge in [-0.05, 0) is 208 Å². The molecule has 6 aromatic carbocycles. The van der Waals surface area contributed by atoms with Crippen LogP contribution in [0.2, 0.25) is 0 Å². The molecule has 12 aromatic rings. The van der Waals surface area contributed by atoms with E-state index in [0.717, 1.165) is 68.1 Å². The van der Waals surface area contributed by atoms with E-state index in [1.165, 1.54) is 100 Å². The van der Waals surface area contributed by atoms with E-state index in [0.29, 0.717) is 11.3 Å². The molecule has 94 heavy (non-hydrogen) atoms. The number of pyridine rings is 4. The first kappa shape index (κ1) is 67.5. The Morgan fingerprint density at radius 1 is 0.330 bits per heavy atom. The zero-order chi connectivity index (χ0) is 67.7. The first-order valence-electron chi connectivity index (χ1n) is 31.8. The Balaban J connectivity index is 0.000000148. The molecule has 6 heterocycles. The van der Waals surface area contributed by atoms with Gasteiger partial charge in [-0.1, -0.05) is 90.5 Å². The van der Waals surface area contributed by atoms with Crippen molar-refractivity contribution in [2.75, 3.05) is 0 Å². The van der Waals surface area contributed by atoms with Crippen molar-refractivity contribution < 1.29 is 18.3 Å². The standard InChI is InChI=1S/C22H26N3.C22H18N3.C21H23N2.C19H19N2/c1-13-11-15(3)23-17(5)21(13)19-9-8-10-20(25(19)7)22-14(2)12-16(4)24-18(22)6;1-15-8-5-6-9-18(15)20-10-7-11-21(25(20)4)22-16(2)12-17(14-23)13-19(22)24-3;1-14-10-16(3)21(17(4)11-14)20-13-22-12-19(23(20)5)18-9-7-6-8-15(18)2;1-14-8-4-6-10-16(14)18-12-20-13-19(21(18)3)17-11-7-5-9-15(17)2/h8-12H,1-7H3;5-13H,1-2,4H3;6-13H,1-5H3;4-13H,1-3H3/q4*+1. The Bertz CT molecular complexity index is 4710. The summed E-state index contributed by atoms with van der Waals surface area (Å²) in [5, 5.41) is 9.16. The average molecular weight is 1240 g/mol. The van der Waals surface area contributed by atoms with E-state index < -0.39 is 0 Å². The van der Waals surface area contributed by atoms with Crippen molar-refractivity contribution in [3.8, 4) is 96.1 Å². The average Bonchev–Trinajstić information content (AvgIpc) is 0.810. The molecule has 0 fully saturated rings. The highest BCUT2D eigenvalue weighted by atomic mass is 15.0. The van der Waals surface area contributed by atoms with Crippen LogP contribution in [0.5, 0.6) is 0 Å². The lowest BCUT2D eigenvalue weighted by Gasteiger charge is -2.13. The van der Waals surface area contributed by atoms with Crippen molar-refractivity contribution in [3.05, 3.63) is 290 Å². The molecule has 0 atom stereocenters. The Morgan fingerprint density at radius 3 is 1.03 bits per heavy atom. The summed E-state index contributed by atoms with van der Waals surface area (Å²) in [5.74, 6) is 0. The summed E-state index contributed by atoms with van der Waals surface area (Å²) in [4.78, 5) is 22.0. The number of hydrogen-bond acceptors (Lipinski definition) is 5. The summed E-state index contributed by atoms with van der Waals surface area (Å²) in [6.45, 7) is 37.1. The van der Waals surface area contributed by atoms with Crippen LogP contribution in [0.25, 0.3) is 94.9 Å². The molecule has 10 heteroatoms. The lowest BCUT2D eigenvalue weighted by Crippen LogP contribution is -2.35. The number of nitriles is 1. The molecule has 0 bridgehead atoms. The number of benzene rings is 6. The predicted octanol–water partition coefficient (Wildman–Crippen LogP) is 17.7. The van der Waals surface area contributed by atoms with Gasteiger partial charge in [-0.2, -0.15) is 23.5 Å². The largest absolute Gasteiger partial charge is 0.258 e. The molecule has 0 unspecified atom stereocenters. The van der Waals surface area contributed by atoms with E-state index in [9.17, 15) is 0 Å². The van der Waals surface area contributed by atoms with Gasteiger partial charge in [0.05, 0.1) is 87.8 Å². The Morgan fingerprint density at radius 2 is 0.649 bits per heavy atom. The van der Waals surface area contributed by atoms with Crippen LogP contribution in [-0.4, -0.2) is 19.9 Å². The van der Waals surface area contributed by atoms with E-state index in [-0.39, 0.29) is 0 Å². The van der Waals surface area contributed by atoms with E-state index in [1.807, 2.05) is 82.9 Å². The predicted molar refractivity (Wildman–Crippen MR) is 382 cm³/mol. The third-order valence-electron chi connectivity index (χ3n) is 17.7. The summed E-state index contributed by atoms with van der Waals surface area (Å²) >= 11 is 0. The fourth-order valence-corrected chi connectivity index (χ4v) is 13.2. The normalized spacial score (nSPS) is 10.6. The smallest absolute Gasteiger partial charge is 0.231 e. The van der Waals surface area contributed by atoms with Crippen LogP contribution in [0.15, 0.2) is 195 Å². The molecule has 468 valence electrons. The highest BCUT2D eigenvalue weighted by Gasteiger charge is 2.26. The molecule has 0 saturated carbocycles. The molecule has 12 rings (SSSR count). The van der Waals surface area contributed by atoms with Gasteiger partial charge >= 0.3 is 0 Å². The van der Waals surface area contributed by atoms with Gasteiger partial charge in [0.1, 0.15) is 28.2 Å². The molecule has 0 aliphatic carbocycles. The minimum Gasteiger partial charge on any atom is -0.258 e. The van der Waals surface area contributed by atoms with Crippen LogP contribution in [-0.2, 0) is 28.2 Å². The maximum absolute atomic E-state index is 9.16. The van der Waals surface area contributed by atoms with Crippen LogP contribution in [0.4, 0.5) is 5.69 Å². The van der Waals surface area contributed by atoms with Gasteiger partial charge in [0.2, 0.25) is 51.2 Å². The lowest BCUT2D eigenvalue weighted by atomic mass is 9.97. The van der Waals surface area contributed by atoms with E-state index in [4.69, 9.17) is 11.8 Å². The molecule has 0 spiro atoms. The quantitative estimate of drug-likeness (QED) is 0.112. The van der Waals surface area contributed by atoms with E-state index >= 15 is 0 Å². The Kier molecular flexibility index (Phi) is 21.2. The summed E-state index contributed by atoms with van der Waals surface area (Å²) in [6, 6.07) is 60.6. The Labute approximate surface area is 557 Å². The minimum atomic E-state index is 0.508. The highest BCUT2D eigenvalue weighted by molar-refractivity contribution is 5.80. The fraction of sp³-hybridized carbons (Fsp3) is 0.214. The second kappa shape index (κ2) is 29.6. The van der Waals surface area contributed by atoms with Crippen LogP contribution in [0.1, 0.15) is 84.0 Å². The van der Waals surface area contributed by atoms with Crippen molar-refractivity contribution in [1.29, 1.82) is 5.26 Å². The van der Waals surface area contributed by atoms with Gasteiger partial charge in [-0.15, -0.1) is 0 Å². The van der Waals surface area contributed by atoms with Crippen molar-refractivity contribution in [3.63, 3.8) is 0 Å². The van der Waals surface area contributed by atoms with Crippen molar-refractivity contribution in [2.45, 2.75) is 96.9 Å². The maximum atomic E-state index is 9.16. The van der Waals surface area contributed by atoms with Crippen molar-refractivity contribution >= 4 is 5.69 Å². The van der Waals surface area contributed by atoms with Gasteiger partial charge in [0.15, 0.2) is 0 Å². The van der Waals surface area contributed by atoms with Gasteiger partial charge in [0, 0.05) is 46.8 Å². The lowest BCUT2D eigenvalue weighted by molar-refractivity contribution is -0.649. The molecule has 0 amide bonds. The topological polar surface area (TPSA) is 95.2 Å². The molecule has 0 N–H and O–H groups in total. The zero-order valence-electron chi connectivity index (χ0n) is 57.9. The molecule has 0 radical (unpaired) electrons. The van der Waals surface area contributed by atoms with Crippen LogP contribution < -0.4 is 18.3 Å². The SMILES string of the molecule is Cc1cc(C)c(-c2cccc(-c3c(C)cc(C)nc3C)[n+]2C)c(C)n1.Cc1cc(C)c(-c2cncc(-c3ccccc3C)[n+]2C)c(C)c1.Cc1ccccc1-c1cncc(-c2ccccc2C)[n+]1C.[C-]#[N+]c1cc(C#N)cc(C)c1-c1cccc(-c2ccccc2C)[n+]1C. The van der Waals surface area contributed by atoms with Crippen molar-refractivity contribution in [2.24, 2.45) is 28.2 Å². The second-order valence-corrected chi connectivity index (χ2v) is 24.7. The fourth-order valence-electron chi connectivity index (χ4n) is 13.2. The summed E-state index contributed by atoms with van der Waals surface area (Å²) < 4.78 is 8.85. The number of hydrogen-bond donors (Lipinski definition) is 0. The monoisotopic (exact) mass is 1230 g/mol. The van der Waals surface area contributed by atoms with Crippen LogP contribution >= 0.6 is 0 Å². The van der Waals surface area contributed by atoms with Gasteiger partial charge in [0.25, 0.3) is 0 Å². The third kappa shape index (κ3) is 14.5. The molecule has 0 saturated heterocycles. The highest BCUT2D eigenvalue weighted by Crippen LogP contribution is 2.35. The van der Waals surface area contributed by atoms with Crippen LogP contribution in [0.3, 0.4) is 0 Å². The summed E-state index contributed by atoms with van der Waals surface area (Å²) in [7, 11) is 8.37. The molecule has 6 aromatic heterocycles. The molecule has 0 aliphatic heterocycles. The van der Waals surface area contributed by atoms with Crippen molar-refractivity contribution in [1.82, 2.24) is 19.9 Å². The summed E-state index contributed by atoms with van der Waals surface area (Å²) in [5.41, 5.74) is 36.0. The minimum absolute atomic E-state index is 0.508. The second-order valence-electron chi connectivity index (χ2n) is 24.7. The van der Waals surface area contributed by atoms with E-state index in [2.05, 4.69) is 280 Å². The third-order valence-corrected chi connectivity index (χ3v) is 17.7. The first-order chi connectivity index (χ1) is 45.0. The number of aromatic nitrogens is 8.